The van der Waals surface area contributed by atoms with Gasteiger partial charge in [-0.2, -0.15) is 0 Å². The van der Waals surface area contributed by atoms with E-state index in [4.69, 9.17) is 4.42 Å². The number of likely N-dealkylation sites (N-methyl/N-ethyl adjacent to an activating group) is 1. The minimum Gasteiger partial charge on any atom is -0.465 e. The van der Waals surface area contributed by atoms with E-state index in [1.54, 1.807) is 0 Å². The predicted molar refractivity (Wildman–Crippen MR) is 74.7 cm³/mol. The molecule has 3 nitrogen and oxygen atoms in total. The van der Waals surface area contributed by atoms with Crippen LogP contribution in [0.3, 0.4) is 0 Å². The van der Waals surface area contributed by atoms with Gasteiger partial charge in [-0.3, -0.25) is 0 Å². The van der Waals surface area contributed by atoms with Crippen LogP contribution < -0.4 is 5.32 Å². The molecule has 0 radical (unpaired) electrons. The summed E-state index contributed by atoms with van der Waals surface area (Å²) in [5.41, 5.74) is 0.361. The number of furan rings is 1. The van der Waals surface area contributed by atoms with Crippen LogP contribution in [0.25, 0.3) is 0 Å². The molecule has 0 atom stereocenters. The molecule has 0 unspecified atom stereocenters. The minimum absolute atomic E-state index is 0.361. The van der Waals surface area contributed by atoms with Gasteiger partial charge in [0.25, 0.3) is 0 Å². The fourth-order valence-corrected chi connectivity index (χ4v) is 2.94. The van der Waals surface area contributed by atoms with Crippen molar-refractivity contribution >= 4 is 0 Å². The molecule has 1 aliphatic carbocycles. The molecule has 0 bridgehead atoms. The lowest BCUT2D eigenvalue weighted by atomic mass is 9.96. The summed E-state index contributed by atoms with van der Waals surface area (Å²) < 4.78 is 5.71. The molecule has 0 spiro atoms. The lowest BCUT2D eigenvalue weighted by Gasteiger charge is -2.36. The third-order valence-electron chi connectivity index (χ3n) is 4.30. The predicted octanol–water partition coefficient (Wildman–Crippen LogP) is 2.81. The molecule has 1 aliphatic rings. The van der Waals surface area contributed by atoms with Gasteiger partial charge in [0.15, 0.2) is 0 Å². The smallest absolute Gasteiger partial charge is 0.117 e. The molecule has 0 aromatic carbocycles. The van der Waals surface area contributed by atoms with E-state index in [1.165, 1.54) is 25.7 Å². The van der Waals surface area contributed by atoms with Crippen molar-refractivity contribution < 1.29 is 4.42 Å². The van der Waals surface area contributed by atoms with E-state index in [2.05, 4.69) is 43.4 Å². The molecule has 1 aromatic heterocycles. The Morgan fingerprint density at radius 3 is 2.44 bits per heavy atom. The number of nitrogens with one attached hydrogen (secondary N) is 1. The Balaban J connectivity index is 1.83. The van der Waals surface area contributed by atoms with Crippen LogP contribution in [0.1, 0.15) is 44.1 Å². The summed E-state index contributed by atoms with van der Waals surface area (Å²) in [6, 6.07) is 4.16. The highest BCUT2D eigenvalue weighted by Crippen LogP contribution is 2.33. The summed E-state index contributed by atoms with van der Waals surface area (Å²) in [6.07, 6.45) is 6.32. The van der Waals surface area contributed by atoms with Crippen molar-refractivity contribution in [3.05, 3.63) is 23.7 Å². The van der Waals surface area contributed by atoms with E-state index in [9.17, 15) is 0 Å². The monoisotopic (exact) mass is 250 g/mol. The quantitative estimate of drug-likeness (QED) is 0.841. The van der Waals surface area contributed by atoms with Crippen LogP contribution in [0.4, 0.5) is 0 Å². The Morgan fingerprint density at radius 2 is 1.89 bits per heavy atom. The zero-order valence-corrected chi connectivity index (χ0v) is 12.0. The van der Waals surface area contributed by atoms with E-state index in [0.29, 0.717) is 5.54 Å². The van der Waals surface area contributed by atoms with Gasteiger partial charge in [-0.15, -0.1) is 0 Å². The average molecular weight is 250 g/mol. The van der Waals surface area contributed by atoms with Crippen LogP contribution >= 0.6 is 0 Å². The van der Waals surface area contributed by atoms with Gasteiger partial charge in [-0.25, -0.2) is 0 Å². The van der Waals surface area contributed by atoms with Crippen molar-refractivity contribution in [3.8, 4) is 0 Å². The van der Waals surface area contributed by atoms with Crippen LogP contribution in [0, 0.1) is 0 Å². The van der Waals surface area contributed by atoms with Crippen LogP contribution in [-0.2, 0) is 13.0 Å². The van der Waals surface area contributed by atoms with Gasteiger partial charge in [0.2, 0.25) is 0 Å². The van der Waals surface area contributed by atoms with Gasteiger partial charge >= 0.3 is 0 Å². The van der Waals surface area contributed by atoms with E-state index in [-0.39, 0.29) is 0 Å². The molecule has 1 aromatic rings. The molecule has 1 fully saturated rings. The first-order valence-electron chi connectivity index (χ1n) is 7.12. The normalized spacial score (nSPS) is 18.7. The van der Waals surface area contributed by atoms with Crippen molar-refractivity contribution in [3.63, 3.8) is 0 Å². The third kappa shape index (κ3) is 2.96. The van der Waals surface area contributed by atoms with Crippen LogP contribution in [0.15, 0.2) is 16.5 Å². The second-order valence-corrected chi connectivity index (χ2v) is 5.65. The SMILES string of the molecule is CCc1ccc(CNCC2(N(C)C)CCCC2)o1. The van der Waals surface area contributed by atoms with Gasteiger partial charge in [-0.05, 0) is 39.1 Å². The second kappa shape index (κ2) is 5.89. The van der Waals surface area contributed by atoms with Crippen LogP contribution in [0.2, 0.25) is 0 Å². The average Bonchev–Trinajstić information content (AvgIpc) is 2.98. The van der Waals surface area contributed by atoms with Gasteiger partial charge < -0.3 is 14.6 Å². The number of rotatable bonds is 6. The first-order chi connectivity index (χ1) is 8.66. The molecular formula is C15H26N2O. The zero-order valence-electron chi connectivity index (χ0n) is 12.0. The molecular weight excluding hydrogens is 224 g/mol. The summed E-state index contributed by atoms with van der Waals surface area (Å²) in [5, 5.41) is 3.57. The summed E-state index contributed by atoms with van der Waals surface area (Å²) in [5.74, 6) is 2.13. The largest absolute Gasteiger partial charge is 0.465 e. The minimum atomic E-state index is 0.361. The summed E-state index contributed by atoms with van der Waals surface area (Å²) in [7, 11) is 4.41. The highest BCUT2D eigenvalue weighted by Gasteiger charge is 2.35. The number of nitrogens with zero attached hydrogens (tertiary/aromatic N) is 1. The summed E-state index contributed by atoms with van der Waals surface area (Å²) in [4.78, 5) is 2.40. The molecule has 1 saturated carbocycles. The molecule has 0 amide bonds. The van der Waals surface area contributed by atoms with Gasteiger partial charge in [0.05, 0.1) is 6.54 Å². The van der Waals surface area contributed by atoms with Crippen LogP contribution in [0.5, 0.6) is 0 Å². The van der Waals surface area contributed by atoms with E-state index < -0.39 is 0 Å². The Morgan fingerprint density at radius 1 is 1.22 bits per heavy atom. The molecule has 3 heteroatoms. The fourth-order valence-electron chi connectivity index (χ4n) is 2.94. The highest BCUT2D eigenvalue weighted by molar-refractivity contribution is 5.07. The number of aryl methyl sites for hydroxylation is 1. The summed E-state index contributed by atoms with van der Waals surface area (Å²) in [6.45, 7) is 4.02. The zero-order chi connectivity index (χ0) is 13.0. The Kier molecular flexibility index (Phi) is 4.46. The number of hydrogen-bond donors (Lipinski definition) is 1. The lowest BCUT2D eigenvalue weighted by molar-refractivity contribution is 0.152. The van der Waals surface area contributed by atoms with Crippen molar-refractivity contribution in [2.45, 2.75) is 51.1 Å². The molecule has 0 aliphatic heterocycles. The Labute approximate surface area is 111 Å². The van der Waals surface area contributed by atoms with E-state index >= 15 is 0 Å². The molecule has 1 heterocycles. The highest BCUT2D eigenvalue weighted by atomic mass is 16.3. The first kappa shape index (κ1) is 13.6. The van der Waals surface area contributed by atoms with E-state index in [1.807, 2.05) is 0 Å². The Bertz CT molecular complexity index is 364. The van der Waals surface area contributed by atoms with Gasteiger partial charge in [0, 0.05) is 18.5 Å². The second-order valence-electron chi connectivity index (χ2n) is 5.65. The topological polar surface area (TPSA) is 28.4 Å². The molecule has 2 rings (SSSR count). The van der Waals surface area contributed by atoms with E-state index in [0.717, 1.165) is 31.0 Å². The number of hydrogen-bond acceptors (Lipinski definition) is 3. The maximum absolute atomic E-state index is 5.71. The molecule has 102 valence electrons. The summed E-state index contributed by atoms with van der Waals surface area (Å²) >= 11 is 0. The fraction of sp³-hybridized carbons (Fsp3) is 0.733. The van der Waals surface area contributed by atoms with Crippen molar-refractivity contribution in [1.82, 2.24) is 10.2 Å². The lowest BCUT2D eigenvalue weighted by Crippen LogP contribution is -2.49. The third-order valence-corrected chi connectivity index (χ3v) is 4.30. The van der Waals surface area contributed by atoms with Gasteiger partial charge in [-0.1, -0.05) is 19.8 Å². The van der Waals surface area contributed by atoms with Gasteiger partial charge in [0.1, 0.15) is 11.5 Å². The maximum Gasteiger partial charge on any atom is 0.117 e. The standard InChI is InChI=1S/C15H26N2O/c1-4-13-7-8-14(18-13)11-16-12-15(17(2)3)9-5-6-10-15/h7-8,16H,4-6,9-12H2,1-3H3. The van der Waals surface area contributed by atoms with Crippen molar-refractivity contribution in [2.75, 3.05) is 20.6 Å². The maximum atomic E-state index is 5.71. The molecule has 0 saturated heterocycles. The first-order valence-corrected chi connectivity index (χ1v) is 7.12. The van der Waals surface area contributed by atoms with Crippen LogP contribution in [-0.4, -0.2) is 31.1 Å². The Hall–Kier alpha value is -0.800. The van der Waals surface area contributed by atoms with Crippen molar-refractivity contribution in [2.24, 2.45) is 0 Å². The molecule has 18 heavy (non-hydrogen) atoms. The van der Waals surface area contributed by atoms with Crippen molar-refractivity contribution in [1.29, 1.82) is 0 Å². The molecule has 1 N–H and O–H groups in total.